The van der Waals surface area contributed by atoms with Gasteiger partial charge in [-0.3, -0.25) is 9.36 Å². The SMILES string of the molecule is COc1ccc2c(=O)n(CC3CCCCN3)c(Cl)nc2c1. The van der Waals surface area contributed by atoms with Crippen LogP contribution in [0, 0.1) is 0 Å². The average Bonchev–Trinajstić information content (AvgIpc) is 2.52. The Bertz CT molecular complexity index is 708. The lowest BCUT2D eigenvalue weighted by Gasteiger charge is -2.24. The summed E-state index contributed by atoms with van der Waals surface area (Å²) in [6.07, 6.45) is 3.43. The van der Waals surface area contributed by atoms with Crippen LogP contribution >= 0.6 is 11.6 Å². The number of hydrogen-bond acceptors (Lipinski definition) is 4. The highest BCUT2D eigenvalue weighted by molar-refractivity contribution is 6.28. The molecule has 1 unspecified atom stereocenters. The van der Waals surface area contributed by atoms with Crippen molar-refractivity contribution in [3.63, 3.8) is 0 Å². The summed E-state index contributed by atoms with van der Waals surface area (Å²) in [5.41, 5.74) is 0.470. The van der Waals surface area contributed by atoms with Gasteiger partial charge in [0.25, 0.3) is 5.56 Å². The van der Waals surface area contributed by atoms with Gasteiger partial charge in [-0.2, -0.15) is 0 Å². The van der Waals surface area contributed by atoms with E-state index in [1.54, 1.807) is 29.9 Å². The minimum Gasteiger partial charge on any atom is -0.497 e. The maximum absolute atomic E-state index is 12.6. The number of nitrogens with one attached hydrogen (secondary N) is 1. The summed E-state index contributed by atoms with van der Waals surface area (Å²) in [6.45, 7) is 1.56. The van der Waals surface area contributed by atoms with E-state index in [0.717, 1.165) is 13.0 Å². The number of methoxy groups -OCH3 is 1. The maximum atomic E-state index is 12.6. The van der Waals surface area contributed by atoms with Crippen LogP contribution in [0.5, 0.6) is 5.75 Å². The molecule has 0 radical (unpaired) electrons. The predicted octanol–water partition coefficient (Wildman–Crippen LogP) is 2.20. The molecule has 2 aromatic rings. The molecule has 21 heavy (non-hydrogen) atoms. The van der Waals surface area contributed by atoms with E-state index in [1.165, 1.54) is 12.8 Å². The van der Waals surface area contributed by atoms with E-state index in [2.05, 4.69) is 10.3 Å². The van der Waals surface area contributed by atoms with Crippen LogP contribution < -0.4 is 15.6 Å². The number of nitrogens with zero attached hydrogens (tertiary/aromatic N) is 2. The molecule has 6 heteroatoms. The van der Waals surface area contributed by atoms with Crippen LogP contribution in [0.15, 0.2) is 23.0 Å². The minimum atomic E-state index is -0.0972. The molecule has 0 aliphatic carbocycles. The van der Waals surface area contributed by atoms with E-state index in [0.29, 0.717) is 23.2 Å². The fourth-order valence-electron chi connectivity index (χ4n) is 2.76. The van der Waals surface area contributed by atoms with Gasteiger partial charge in [-0.25, -0.2) is 4.98 Å². The van der Waals surface area contributed by atoms with Crippen molar-refractivity contribution in [1.29, 1.82) is 0 Å². The molecule has 112 valence electrons. The van der Waals surface area contributed by atoms with E-state index < -0.39 is 0 Å². The van der Waals surface area contributed by atoms with Crippen LogP contribution in [0.3, 0.4) is 0 Å². The number of piperidine rings is 1. The van der Waals surface area contributed by atoms with Crippen molar-refractivity contribution in [1.82, 2.24) is 14.9 Å². The van der Waals surface area contributed by atoms with Gasteiger partial charge in [-0.05, 0) is 43.1 Å². The maximum Gasteiger partial charge on any atom is 0.262 e. The number of benzene rings is 1. The molecule has 1 N–H and O–H groups in total. The zero-order valence-corrected chi connectivity index (χ0v) is 12.7. The zero-order chi connectivity index (χ0) is 14.8. The lowest BCUT2D eigenvalue weighted by Crippen LogP contribution is -2.40. The van der Waals surface area contributed by atoms with Gasteiger partial charge in [0, 0.05) is 18.7 Å². The predicted molar refractivity (Wildman–Crippen MR) is 83.2 cm³/mol. The molecule has 0 amide bonds. The third-order valence-electron chi connectivity index (χ3n) is 3.93. The molecule has 0 bridgehead atoms. The standard InChI is InChI=1S/C15H18ClN3O2/c1-21-11-5-6-12-13(8-11)18-15(16)19(14(12)20)9-10-4-2-3-7-17-10/h5-6,8,10,17H,2-4,7,9H2,1H3. The lowest BCUT2D eigenvalue weighted by molar-refractivity contribution is 0.359. The molecule has 1 fully saturated rings. The minimum absolute atomic E-state index is 0.0972. The van der Waals surface area contributed by atoms with Gasteiger partial charge >= 0.3 is 0 Å². The van der Waals surface area contributed by atoms with Crippen molar-refractivity contribution in [2.75, 3.05) is 13.7 Å². The van der Waals surface area contributed by atoms with Crippen LogP contribution in [0.1, 0.15) is 19.3 Å². The van der Waals surface area contributed by atoms with Crippen LogP contribution in [0.4, 0.5) is 0 Å². The molecule has 0 spiro atoms. The van der Waals surface area contributed by atoms with Crippen molar-refractivity contribution >= 4 is 22.5 Å². The molecule has 1 aromatic heterocycles. The van der Waals surface area contributed by atoms with Gasteiger partial charge in [-0.15, -0.1) is 0 Å². The number of aromatic nitrogens is 2. The number of halogens is 1. The quantitative estimate of drug-likeness (QED) is 0.883. The molecule has 1 aliphatic rings. The van der Waals surface area contributed by atoms with Crippen LogP contribution in [0.2, 0.25) is 5.28 Å². The summed E-state index contributed by atoms with van der Waals surface area (Å²) in [4.78, 5) is 16.9. The molecular formula is C15H18ClN3O2. The third kappa shape index (κ3) is 2.89. The van der Waals surface area contributed by atoms with Crippen molar-refractivity contribution in [2.45, 2.75) is 31.8 Å². The van der Waals surface area contributed by atoms with Gasteiger partial charge in [0.15, 0.2) is 0 Å². The fourth-order valence-corrected chi connectivity index (χ4v) is 3.00. The summed E-state index contributed by atoms with van der Waals surface area (Å²) in [6, 6.07) is 5.52. The molecular weight excluding hydrogens is 290 g/mol. The van der Waals surface area contributed by atoms with Crippen molar-refractivity contribution in [3.8, 4) is 5.75 Å². The van der Waals surface area contributed by atoms with Gasteiger partial charge in [0.1, 0.15) is 5.75 Å². The second-order valence-electron chi connectivity index (χ2n) is 5.33. The van der Waals surface area contributed by atoms with Gasteiger partial charge in [0.2, 0.25) is 5.28 Å². The second-order valence-corrected chi connectivity index (χ2v) is 5.66. The first-order valence-electron chi connectivity index (χ1n) is 7.16. The van der Waals surface area contributed by atoms with Crippen molar-refractivity contribution in [3.05, 3.63) is 33.8 Å². The Morgan fingerprint density at radius 2 is 2.33 bits per heavy atom. The second kappa shape index (κ2) is 6.03. The zero-order valence-electron chi connectivity index (χ0n) is 11.9. The van der Waals surface area contributed by atoms with Crippen LogP contribution in [-0.4, -0.2) is 29.2 Å². The van der Waals surface area contributed by atoms with Crippen LogP contribution in [-0.2, 0) is 6.54 Å². The number of rotatable bonds is 3. The Balaban J connectivity index is 2.00. The monoisotopic (exact) mass is 307 g/mol. The molecule has 1 aromatic carbocycles. The van der Waals surface area contributed by atoms with Gasteiger partial charge in [-0.1, -0.05) is 6.42 Å². The highest BCUT2D eigenvalue weighted by atomic mass is 35.5. The molecule has 2 heterocycles. The highest BCUT2D eigenvalue weighted by Gasteiger charge is 2.17. The average molecular weight is 308 g/mol. The van der Waals surface area contributed by atoms with Gasteiger partial charge in [0.05, 0.1) is 18.0 Å². The van der Waals surface area contributed by atoms with E-state index in [-0.39, 0.29) is 16.9 Å². The van der Waals surface area contributed by atoms with E-state index in [4.69, 9.17) is 16.3 Å². The molecule has 0 saturated carbocycles. The highest BCUT2D eigenvalue weighted by Crippen LogP contribution is 2.19. The summed E-state index contributed by atoms with van der Waals surface area (Å²) < 4.78 is 6.71. The molecule has 3 rings (SSSR count). The molecule has 5 nitrogen and oxygen atoms in total. The summed E-state index contributed by atoms with van der Waals surface area (Å²) >= 11 is 6.21. The Labute approximate surface area is 127 Å². The van der Waals surface area contributed by atoms with Gasteiger partial charge < -0.3 is 10.1 Å². The number of fused-ring (bicyclic) bond motifs is 1. The Morgan fingerprint density at radius 3 is 3.05 bits per heavy atom. The first-order chi connectivity index (χ1) is 10.2. The summed E-state index contributed by atoms with van der Waals surface area (Å²) in [7, 11) is 1.58. The Hall–Kier alpha value is -1.59. The topological polar surface area (TPSA) is 56.1 Å². The Kier molecular flexibility index (Phi) is 4.12. The molecule has 1 saturated heterocycles. The normalized spacial score (nSPS) is 18.9. The van der Waals surface area contributed by atoms with Crippen molar-refractivity contribution < 1.29 is 4.74 Å². The van der Waals surface area contributed by atoms with E-state index in [9.17, 15) is 4.79 Å². The largest absolute Gasteiger partial charge is 0.497 e. The first-order valence-corrected chi connectivity index (χ1v) is 7.54. The smallest absolute Gasteiger partial charge is 0.262 e. The van der Waals surface area contributed by atoms with Crippen LogP contribution in [0.25, 0.3) is 10.9 Å². The van der Waals surface area contributed by atoms with E-state index in [1.807, 2.05) is 0 Å². The molecule has 1 atom stereocenters. The first kappa shape index (κ1) is 14.4. The fraction of sp³-hybridized carbons (Fsp3) is 0.467. The third-order valence-corrected chi connectivity index (χ3v) is 4.22. The Morgan fingerprint density at radius 1 is 1.48 bits per heavy atom. The lowest BCUT2D eigenvalue weighted by atomic mass is 10.1. The molecule has 1 aliphatic heterocycles. The van der Waals surface area contributed by atoms with E-state index >= 15 is 0 Å². The number of ether oxygens (including phenoxy) is 1. The summed E-state index contributed by atoms with van der Waals surface area (Å²) in [5.74, 6) is 0.664. The summed E-state index contributed by atoms with van der Waals surface area (Å²) in [5, 5.41) is 4.22. The van der Waals surface area contributed by atoms with Crippen molar-refractivity contribution in [2.24, 2.45) is 0 Å². The number of hydrogen-bond donors (Lipinski definition) is 1.